The van der Waals surface area contributed by atoms with Gasteiger partial charge in [0.15, 0.2) is 0 Å². The minimum atomic E-state index is 0.379. The first kappa shape index (κ1) is 14.4. The topological polar surface area (TPSA) is 0 Å². The summed E-state index contributed by atoms with van der Waals surface area (Å²) in [7, 11) is 0. The number of rotatable bonds is 6. The van der Waals surface area contributed by atoms with Gasteiger partial charge in [-0.05, 0) is 31.1 Å². The Morgan fingerprint density at radius 3 is 1.53 bits per heavy atom. The predicted octanol–water partition coefficient (Wildman–Crippen LogP) is 5.84. The summed E-state index contributed by atoms with van der Waals surface area (Å²) >= 11 is 0. The molecule has 0 fully saturated rings. The van der Waals surface area contributed by atoms with Crippen LogP contribution in [0, 0.1) is 17.3 Å². The van der Waals surface area contributed by atoms with Crippen molar-refractivity contribution in [3.05, 3.63) is 47.6 Å². The minimum Gasteiger partial charge on any atom is -0.0767 e. The first-order valence-corrected chi connectivity index (χ1v) is 7.97. The molecule has 2 rings (SSSR count). The fourth-order valence-electron chi connectivity index (χ4n) is 4.16. The lowest BCUT2D eigenvalue weighted by Crippen LogP contribution is -2.36. The molecule has 0 saturated heterocycles. The fourth-order valence-corrected chi connectivity index (χ4v) is 4.16. The van der Waals surface area contributed by atoms with Crippen molar-refractivity contribution in [3.8, 4) is 0 Å². The van der Waals surface area contributed by atoms with Crippen molar-refractivity contribution in [2.45, 2.75) is 53.4 Å². The van der Waals surface area contributed by atoms with E-state index in [1.54, 1.807) is 11.1 Å². The van der Waals surface area contributed by atoms with Crippen molar-refractivity contribution in [2.75, 3.05) is 0 Å². The summed E-state index contributed by atoms with van der Waals surface area (Å²) in [5.74, 6) is 1.27. The van der Waals surface area contributed by atoms with E-state index >= 15 is 0 Å². The van der Waals surface area contributed by atoms with Gasteiger partial charge < -0.3 is 0 Å². The van der Waals surface area contributed by atoms with Crippen molar-refractivity contribution in [1.82, 2.24) is 0 Å². The molecule has 0 aromatic heterocycles. The smallest absolute Gasteiger partial charge is 0.00479 e. The van der Waals surface area contributed by atoms with Crippen molar-refractivity contribution in [2.24, 2.45) is 17.3 Å². The highest BCUT2D eigenvalue weighted by Crippen LogP contribution is 2.53. The van der Waals surface area contributed by atoms with E-state index in [1.165, 1.54) is 25.7 Å². The molecule has 0 N–H and O–H groups in total. The summed E-state index contributed by atoms with van der Waals surface area (Å²) in [5, 5.41) is 0. The number of hydrogen-bond donors (Lipinski definition) is 0. The normalized spacial score (nSPS) is 25.9. The Balaban J connectivity index is 2.38. The maximum atomic E-state index is 2.45. The van der Waals surface area contributed by atoms with Gasteiger partial charge in [-0.15, -0.1) is 0 Å². The van der Waals surface area contributed by atoms with Crippen molar-refractivity contribution >= 4 is 0 Å². The molecule has 2 unspecified atom stereocenters. The third-order valence-corrected chi connectivity index (χ3v) is 5.40. The van der Waals surface area contributed by atoms with Crippen LogP contribution >= 0.6 is 0 Å². The monoisotopic (exact) mass is 256 g/mol. The Bertz CT molecular complexity index is 389. The van der Waals surface area contributed by atoms with Gasteiger partial charge in [0, 0.05) is 11.8 Å². The summed E-state index contributed by atoms with van der Waals surface area (Å²) in [4.78, 5) is 0. The predicted molar refractivity (Wildman–Crippen MR) is 85.0 cm³/mol. The van der Waals surface area contributed by atoms with Gasteiger partial charge >= 0.3 is 0 Å². The van der Waals surface area contributed by atoms with E-state index in [-0.39, 0.29) is 0 Å². The molecular formula is C19H28. The highest BCUT2D eigenvalue weighted by molar-refractivity contribution is 5.36. The van der Waals surface area contributed by atoms with E-state index in [4.69, 9.17) is 0 Å². The van der Waals surface area contributed by atoms with Crippen molar-refractivity contribution < 1.29 is 0 Å². The zero-order chi connectivity index (χ0) is 13.9. The first-order chi connectivity index (χ1) is 9.23. The molecule has 104 valence electrons. The van der Waals surface area contributed by atoms with Crippen LogP contribution < -0.4 is 0 Å². The van der Waals surface area contributed by atoms with E-state index in [0.717, 1.165) is 0 Å². The van der Waals surface area contributed by atoms with Gasteiger partial charge in [-0.25, -0.2) is 0 Å². The second-order valence-electron chi connectivity index (χ2n) is 5.86. The molecular weight excluding hydrogens is 228 g/mol. The van der Waals surface area contributed by atoms with Gasteiger partial charge in [0.1, 0.15) is 0 Å². The van der Waals surface area contributed by atoms with Gasteiger partial charge in [-0.2, -0.15) is 0 Å². The molecule has 0 saturated carbocycles. The van der Waals surface area contributed by atoms with Crippen LogP contribution in [0.15, 0.2) is 47.6 Å². The molecule has 0 amide bonds. The van der Waals surface area contributed by atoms with Crippen LogP contribution in [-0.4, -0.2) is 0 Å². The minimum absolute atomic E-state index is 0.379. The van der Waals surface area contributed by atoms with Crippen molar-refractivity contribution in [3.63, 3.8) is 0 Å². The molecule has 0 heteroatoms. The van der Waals surface area contributed by atoms with Crippen LogP contribution in [0.5, 0.6) is 0 Å². The Labute approximate surface area is 119 Å². The van der Waals surface area contributed by atoms with Gasteiger partial charge in [0.2, 0.25) is 0 Å². The van der Waals surface area contributed by atoms with Gasteiger partial charge in [-0.1, -0.05) is 75.3 Å². The first-order valence-electron chi connectivity index (χ1n) is 7.97. The zero-order valence-electron chi connectivity index (χ0n) is 12.9. The summed E-state index contributed by atoms with van der Waals surface area (Å²) in [6, 6.07) is 0. The molecule has 0 bridgehead atoms. The van der Waals surface area contributed by atoms with E-state index in [9.17, 15) is 0 Å². The van der Waals surface area contributed by atoms with Crippen LogP contribution in [0.4, 0.5) is 0 Å². The quantitative estimate of drug-likeness (QED) is 0.560. The maximum absolute atomic E-state index is 2.45. The Morgan fingerprint density at radius 2 is 1.21 bits per heavy atom. The molecule has 0 aromatic carbocycles. The van der Waals surface area contributed by atoms with Gasteiger partial charge in [-0.3, -0.25) is 0 Å². The summed E-state index contributed by atoms with van der Waals surface area (Å²) < 4.78 is 0. The molecule has 0 spiro atoms. The zero-order valence-corrected chi connectivity index (χ0v) is 12.9. The summed E-state index contributed by atoms with van der Waals surface area (Å²) in [6.45, 7) is 9.34. The molecule has 2 aliphatic rings. The molecule has 19 heavy (non-hydrogen) atoms. The van der Waals surface area contributed by atoms with Crippen LogP contribution in [0.3, 0.4) is 0 Å². The van der Waals surface area contributed by atoms with E-state index in [0.29, 0.717) is 17.3 Å². The van der Waals surface area contributed by atoms with E-state index in [2.05, 4.69) is 64.2 Å². The highest BCUT2D eigenvalue weighted by atomic mass is 14.5. The molecule has 0 aromatic rings. The molecule has 0 nitrogen and oxygen atoms in total. The van der Waals surface area contributed by atoms with Crippen molar-refractivity contribution in [1.29, 1.82) is 0 Å². The molecule has 0 aliphatic heterocycles. The number of allylic oxidation sites excluding steroid dienone is 8. The SMILES string of the molecule is CCC1=CC=CC1C(CC)(CC)C1C=CC=C1CC. The summed E-state index contributed by atoms with van der Waals surface area (Å²) in [6.07, 6.45) is 19.0. The third kappa shape index (κ3) is 2.26. The third-order valence-electron chi connectivity index (χ3n) is 5.40. The lowest BCUT2D eigenvalue weighted by atomic mass is 9.60. The summed E-state index contributed by atoms with van der Waals surface area (Å²) in [5.41, 5.74) is 3.63. The molecule has 0 radical (unpaired) electrons. The average Bonchev–Trinajstić information content (AvgIpc) is 3.10. The largest absolute Gasteiger partial charge is 0.0767 e. The Hall–Kier alpha value is -1.04. The lowest BCUT2D eigenvalue weighted by molar-refractivity contribution is 0.152. The Morgan fingerprint density at radius 1 is 0.789 bits per heavy atom. The molecule has 0 heterocycles. The van der Waals surface area contributed by atoms with Crippen LogP contribution in [-0.2, 0) is 0 Å². The van der Waals surface area contributed by atoms with E-state index in [1.807, 2.05) is 0 Å². The highest BCUT2D eigenvalue weighted by Gasteiger charge is 2.43. The lowest BCUT2D eigenvalue weighted by Gasteiger charge is -2.44. The second-order valence-corrected chi connectivity index (χ2v) is 5.86. The molecule has 2 aliphatic carbocycles. The number of hydrogen-bond acceptors (Lipinski definition) is 0. The molecule has 2 atom stereocenters. The van der Waals surface area contributed by atoms with Crippen LogP contribution in [0.2, 0.25) is 0 Å². The van der Waals surface area contributed by atoms with E-state index < -0.39 is 0 Å². The standard InChI is InChI=1S/C19H28/c1-5-15-11-9-13-17(15)19(7-3,8-4)18-14-10-12-16(18)6-2/h9-14,17-18H,5-8H2,1-4H3. The fraction of sp³-hybridized carbons (Fsp3) is 0.579. The van der Waals surface area contributed by atoms with Crippen LogP contribution in [0.1, 0.15) is 53.4 Å². The average molecular weight is 256 g/mol. The maximum Gasteiger partial charge on any atom is 0.00479 e. The Kier molecular flexibility index (Phi) is 4.50. The van der Waals surface area contributed by atoms with Gasteiger partial charge in [0.05, 0.1) is 0 Å². The second kappa shape index (κ2) is 5.94. The van der Waals surface area contributed by atoms with Gasteiger partial charge in [0.25, 0.3) is 0 Å². The van der Waals surface area contributed by atoms with Crippen LogP contribution in [0.25, 0.3) is 0 Å².